The summed E-state index contributed by atoms with van der Waals surface area (Å²) in [6, 6.07) is 19.6. The molecule has 7 heteroatoms. The minimum Gasteiger partial charge on any atom is -0.494 e. The number of amides is 1. The van der Waals surface area contributed by atoms with Crippen LogP contribution >= 0.6 is 11.8 Å². The Morgan fingerprint density at radius 2 is 1.79 bits per heavy atom. The van der Waals surface area contributed by atoms with Gasteiger partial charge in [0.25, 0.3) is 0 Å². The first-order valence-electron chi connectivity index (χ1n) is 11.4. The maximum atomic E-state index is 12.7. The van der Waals surface area contributed by atoms with E-state index in [1.165, 1.54) is 11.8 Å². The van der Waals surface area contributed by atoms with Gasteiger partial charge in [0, 0.05) is 16.7 Å². The molecule has 6 nitrogen and oxygen atoms in total. The van der Waals surface area contributed by atoms with E-state index in [0.29, 0.717) is 6.61 Å². The van der Waals surface area contributed by atoms with Gasteiger partial charge in [-0.05, 0) is 49.7 Å². The minimum absolute atomic E-state index is 0.0800. The highest BCUT2D eigenvalue weighted by atomic mass is 32.2. The predicted octanol–water partition coefficient (Wildman–Crippen LogP) is 6.13. The van der Waals surface area contributed by atoms with E-state index in [1.54, 1.807) is 0 Å². The van der Waals surface area contributed by atoms with Crippen molar-refractivity contribution < 1.29 is 9.53 Å². The zero-order valence-electron chi connectivity index (χ0n) is 20.3. The number of aromatic nitrogens is 3. The summed E-state index contributed by atoms with van der Waals surface area (Å²) in [4.78, 5) is 17.7. The molecule has 0 aliphatic rings. The second kappa shape index (κ2) is 9.89. The van der Waals surface area contributed by atoms with Gasteiger partial charge in [0.05, 0.1) is 23.7 Å². The third kappa shape index (κ3) is 5.25. The lowest BCUT2D eigenvalue weighted by atomic mass is 9.92. The van der Waals surface area contributed by atoms with Crippen LogP contribution in [0.5, 0.6) is 5.75 Å². The van der Waals surface area contributed by atoms with E-state index in [4.69, 9.17) is 14.8 Å². The molecule has 2 aromatic carbocycles. The van der Waals surface area contributed by atoms with Gasteiger partial charge in [-0.25, -0.2) is 9.50 Å². The lowest BCUT2D eigenvalue weighted by Gasteiger charge is -2.19. The fourth-order valence-corrected chi connectivity index (χ4v) is 4.46. The molecule has 0 saturated heterocycles. The first-order chi connectivity index (χ1) is 16.3. The summed E-state index contributed by atoms with van der Waals surface area (Å²) >= 11 is 1.46. The average molecular weight is 475 g/mol. The molecule has 176 valence electrons. The molecule has 34 heavy (non-hydrogen) atoms. The quantitative estimate of drug-likeness (QED) is 0.258. The van der Waals surface area contributed by atoms with Gasteiger partial charge in [0.15, 0.2) is 5.65 Å². The molecular formula is C27H30N4O2S. The van der Waals surface area contributed by atoms with Crippen LogP contribution in [0.2, 0.25) is 0 Å². The van der Waals surface area contributed by atoms with Crippen LogP contribution < -0.4 is 10.1 Å². The van der Waals surface area contributed by atoms with E-state index >= 15 is 0 Å². The van der Waals surface area contributed by atoms with Gasteiger partial charge in [-0.15, -0.1) is 0 Å². The van der Waals surface area contributed by atoms with Gasteiger partial charge in [-0.1, -0.05) is 62.9 Å². The fourth-order valence-electron chi connectivity index (χ4n) is 3.66. The lowest BCUT2D eigenvalue weighted by molar-refractivity contribution is -0.113. The average Bonchev–Trinajstić information content (AvgIpc) is 3.15. The van der Waals surface area contributed by atoms with Gasteiger partial charge in [0.2, 0.25) is 5.91 Å². The van der Waals surface area contributed by atoms with Crippen LogP contribution in [0, 0.1) is 6.92 Å². The molecule has 0 aliphatic heterocycles. The summed E-state index contributed by atoms with van der Waals surface area (Å²) < 4.78 is 7.32. The van der Waals surface area contributed by atoms with Crippen LogP contribution in [0.3, 0.4) is 0 Å². The summed E-state index contributed by atoms with van der Waals surface area (Å²) in [7, 11) is 0. The van der Waals surface area contributed by atoms with Gasteiger partial charge in [-0.2, -0.15) is 5.10 Å². The Bertz CT molecular complexity index is 1290. The molecular weight excluding hydrogens is 444 g/mol. The number of benzene rings is 2. The van der Waals surface area contributed by atoms with Crippen molar-refractivity contribution in [3.8, 4) is 16.9 Å². The van der Waals surface area contributed by atoms with Crippen molar-refractivity contribution >= 4 is 29.0 Å². The van der Waals surface area contributed by atoms with E-state index < -0.39 is 0 Å². The first kappa shape index (κ1) is 23.8. The molecule has 0 saturated carbocycles. The normalized spacial score (nSPS) is 11.6. The smallest absolute Gasteiger partial charge is 0.234 e. The molecule has 1 amide bonds. The van der Waals surface area contributed by atoms with Crippen molar-refractivity contribution in [2.75, 3.05) is 17.7 Å². The maximum Gasteiger partial charge on any atom is 0.234 e. The Hall–Kier alpha value is -3.32. The monoisotopic (exact) mass is 474 g/mol. The number of hydrogen-bond acceptors (Lipinski definition) is 5. The van der Waals surface area contributed by atoms with Crippen molar-refractivity contribution in [2.45, 2.75) is 45.1 Å². The maximum absolute atomic E-state index is 12.7. The van der Waals surface area contributed by atoms with E-state index in [1.807, 2.05) is 66.9 Å². The van der Waals surface area contributed by atoms with Crippen molar-refractivity contribution in [1.29, 1.82) is 0 Å². The number of fused-ring (bicyclic) bond motifs is 1. The summed E-state index contributed by atoms with van der Waals surface area (Å²) in [6.07, 6.45) is 0. The van der Waals surface area contributed by atoms with E-state index in [-0.39, 0.29) is 17.1 Å². The Kier molecular flexibility index (Phi) is 6.93. The van der Waals surface area contributed by atoms with Crippen LogP contribution in [0.4, 0.5) is 5.69 Å². The number of anilines is 1. The third-order valence-electron chi connectivity index (χ3n) is 5.36. The van der Waals surface area contributed by atoms with Crippen molar-refractivity contribution in [1.82, 2.24) is 14.6 Å². The molecule has 4 aromatic rings. The third-order valence-corrected chi connectivity index (χ3v) is 6.36. The number of ether oxygens (including phenoxy) is 1. The molecule has 0 spiro atoms. The van der Waals surface area contributed by atoms with Crippen LogP contribution in [-0.2, 0) is 10.2 Å². The lowest BCUT2D eigenvalue weighted by Crippen LogP contribution is -2.17. The van der Waals surface area contributed by atoms with Gasteiger partial charge < -0.3 is 10.1 Å². The molecule has 2 heterocycles. The van der Waals surface area contributed by atoms with Crippen molar-refractivity contribution in [2.24, 2.45) is 0 Å². The molecule has 0 fully saturated rings. The molecule has 0 aliphatic carbocycles. The predicted molar refractivity (Wildman–Crippen MR) is 139 cm³/mol. The topological polar surface area (TPSA) is 68.5 Å². The molecule has 2 aromatic heterocycles. The van der Waals surface area contributed by atoms with E-state index in [9.17, 15) is 4.79 Å². The number of rotatable bonds is 7. The number of aryl methyl sites for hydroxylation is 1. The highest BCUT2D eigenvalue weighted by Gasteiger charge is 2.22. The number of carbonyl (C=O) groups is 1. The number of carbonyl (C=O) groups excluding carboxylic acids is 1. The molecule has 0 unspecified atom stereocenters. The molecule has 0 atom stereocenters. The second-order valence-electron chi connectivity index (χ2n) is 9.09. The summed E-state index contributed by atoms with van der Waals surface area (Å²) in [5, 5.41) is 8.64. The Balaban J connectivity index is 1.62. The minimum atomic E-state index is -0.145. The zero-order chi connectivity index (χ0) is 24.3. The largest absolute Gasteiger partial charge is 0.494 e. The molecule has 0 radical (unpaired) electrons. The standard InChI is InChI=1S/C27H30N4O2S/c1-6-33-21-14-12-20(13-15-21)28-23(32)17-34-24-16-22(27(3,4)5)29-26-25(18(2)30-31(24)26)19-10-8-7-9-11-19/h7-16H,6,17H2,1-5H3,(H,28,32). The highest BCUT2D eigenvalue weighted by molar-refractivity contribution is 7.99. The first-order valence-corrected chi connectivity index (χ1v) is 12.4. The fraction of sp³-hybridized carbons (Fsp3) is 0.296. The number of nitrogens with one attached hydrogen (secondary N) is 1. The number of hydrogen-bond donors (Lipinski definition) is 1. The van der Waals surface area contributed by atoms with Gasteiger partial charge >= 0.3 is 0 Å². The highest BCUT2D eigenvalue weighted by Crippen LogP contribution is 2.33. The Morgan fingerprint density at radius 1 is 1.09 bits per heavy atom. The van der Waals surface area contributed by atoms with Gasteiger partial charge in [-0.3, -0.25) is 4.79 Å². The SMILES string of the molecule is CCOc1ccc(NC(=O)CSc2cc(C(C)(C)C)nc3c(-c4ccccc4)c(C)nn23)cc1. The number of nitrogens with zero attached hydrogens (tertiary/aromatic N) is 3. The summed E-state index contributed by atoms with van der Waals surface area (Å²) in [6.45, 7) is 11.0. The van der Waals surface area contributed by atoms with E-state index in [2.05, 4.69) is 38.2 Å². The van der Waals surface area contributed by atoms with Gasteiger partial charge in [0.1, 0.15) is 10.8 Å². The van der Waals surface area contributed by atoms with Crippen LogP contribution in [0.25, 0.3) is 16.8 Å². The molecule has 4 rings (SSSR count). The van der Waals surface area contributed by atoms with Crippen molar-refractivity contribution in [3.05, 3.63) is 72.1 Å². The van der Waals surface area contributed by atoms with Crippen molar-refractivity contribution in [3.63, 3.8) is 0 Å². The summed E-state index contributed by atoms with van der Waals surface area (Å²) in [5.41, 5.74) is 5.38. The zero-order valence-corrected chi connectivity index (χ0v) is 21.1. The summed E-state index contributed by atoms with van der Waals surface area (Å²) in [5.74, 6) is 0.964. The molecule has 0 bridgehead atoms. The van der Waals surface area contributed by atoms with Crippen LogP contribution in [0.15, 0.2) is 65.7 Å². The van der Waals surface area contributed by atoms with E-state index in [0.717, 1.165) is 44.6 Å². The molecule has 1 N–H and O–H groups in total. The Morgan fingerprint density at radius 3 is 2.44 bits per heavy atom. The Labute approximate surface area is 204 Å². The van der Waals surface area contributed by atoms with Crippen LogP contribution in [-0.4, -0.2) is 32.9 Å². The number of thioether (sulfide) groups is 1. The second-order valence-corrected chi connectivity index (χ2v) is 10.1. The van der Waals surface area contributed by atoms with Crippen LogP contribution in [0.1, 0.15) is 39.1 Å².